The lowest BCUT2D eigenvalue weighted by Crippen LogP contribution is -2.00. The van der Waals surface area contributed by atoms with Gasteiger partial charge in [0.15, 0.2) is 23.3 Å². The Kier molecular flexibility index (Phi) is 7.70. The van der Waals surface area contributed by atoms with E-state index in [0.29, 0.717) is 23.3 Å². The van der Waals surface area contributed by atoms with E-state index < -0.39 is 0 Å². The van der Waals surface area contributed by atoms with Gasteiger partial charge in [0, 0.05) is 52.6 Å². The van der Waals surface area contributed by atoms with E-state index >= 15 is 0 Å². The summed E-state index contributed by atoms with van der Waals surface area (Å²) in [6, 6.07) is 43.4. The minimum Gasteiger partial charge on any atom is -0.255 e. The maximum Gasteiger partial charge on any atom is 0.164 e. The van der Waals surface area contributed by atoms with E-state index in [2.05, 4.69) is 9.97 Å². The summed E-state index contributed by atoms with van der Waals surface area (Å²) in [5.41, 5.74) is 8.44. The van der Waals surface area contributed by atoms with Crippen LogP contribution in [0.3, 0.4) is 0 Å². The van der Waals surface area contributed by atoms with Crippen molar-refractivity contribution in [2.75, 3.05) is 0 Å². The van der Waals surface area contributed by atoms with Crippen LogP contribution in [0.15, 0.2) is 158 Å². The zero-order valence-corrected chi connectivity index (χ0v) is 25.6. The molecule has 0 aliphatic carbocycles. The molecule has 8 rings (SSSR count). The quantitative estimate of drug-likeness (QED) is 0.175. The van der Waals surface area contributed by atoms with Crippen molar-refractivity contribution in [3.05, 3.63) is 158 Å². The van der Waals surface area contributed by atoms with Gasteiger partial charge in [-0.05, 0) is 42.0 Å². The second-order valence-corrected chi connectivity index (χ2v) is 11.0. The summed E-state index contributed by atoms with van der Waals surface area (Å²) < 4.78 is 0. The lowest BCUT2D eigenvalue weighted by atomic mass is 10.0. The van der Waals surface area contributed by atoms with Crippen molar-refractivity contribution in [2.24, 2.45) is 0 Å². The van der Waals surface area contributed by atoms with Crippen LogP contribution in [0.2, 0.25) is 0 Å². The van der Waals surface area contributed by atoms with Crippen LogP contribution >= 0.6 is 0 Å². The Labute approximate surface area is 277 Å². The van der Waals surface area contributed by atoms with E-state index in [0.717, 1.165) is 56.2 Å². The Morgan fingerprint density at radius 2 is 0.688 bits per heavy atom. The molecule has 0 saturated carbocycles. The lowest BCUT2D eigenvalue weighted by molar-refractivity contribution is 1.07. The highest BCUT2D eigenvalue weighted by Crippen LogP contribution is 2.30. The monoisotopic (exact) mass is 618 g/mol. The number of nitrogens with zero attached hydrogens (tertiary/aromatic N) is 8. The molecule has 3 aromatic carbocycles. The van der Waals surface area contributed by atoms with Crippen LogP contribution < -0.4 is 0 Å². The molecule has 0 radical (unpaired) electrons. The van der Waals surface area contributed by atoms with Gasteiger partial charge in [-0.25, -0.2) is 29.9 Å². The highest BCUT2D eigenvalue weighted by molar-refractivity contribution is 5.75. The standard InChI is InChI=1S/C40H26N8/c1-3-11-27(12-4-1)38-46-39(28-13-5-2-6-14-28)48-40(47-38)30-19-17-29(18-20-30)37-43-25-32(26-44-37)31-23-35(33-15-7-9-21-41-33)45-36(24-31)34-16-8-10-22-42-34/h1-26H. The smallest absolute Gasteiger partial charge is 0.164 e. The molecule has 8 nitrogen and oxygen atoms in total. The van der Waals surface area contributed by atoms with Gasteiger partial charge in [-0.15, -0.1) is 0 Å². The maximum absolute atomic E-state index is 4.86. The fourth-order valence-electron chi connectivity index (χ4n) is 5.32. The van der Waals surface area contributed by atoms with Crippen LogP contribution in [0.4, 0.5) is 0 Å². The predicted molar refractivity (Wildman–Crippen MR) is 187 cm³/mol. The van der Waals surface area contributed by atoms with Gasteiger partial charge in [0.05, 0.1) is 22.8 Å². The largest absolute Gasteiger partial charge is 0.255 e. The summed E-state index contributed by atoms with van der Waals surface area (Å²) >= 11 is 0. The fraction of sp³-hybridized carbons (Fsp3) is 0. The molecule has 0 spiro atoms. The Morgan fingerprint density at radius 3 is 1.12 bits per heavy atom. The van der Waals surface area contributed by atoms with Gasteiger partial charge in [-0.1, -0.05) is 97.1 Å². The second kappa shape index (κ2) is 12.9. The summed E-state index contributed by atoms with van der Waals surface area (Å²) in [6.45, 7) is 0. The van der Waals surface area contributed by atoms with E-state index in [4.69, 9.17) is 29.9 Å². The summed E-state index contributed by atoms with van der Waals surface area (Å²) in [5.74, 6) is 2.45. The van der Waals surface area contributed by atoms with Crippen molar-refractivity contribution in [3.63, 3.8) is 0 Å². The van der Waals surface area contributed by atoms with Crippen LogP contribution in [0, 0.1) is 0 Å². The molecule has 5 heterocycles. The van der Waals surface area contributed by atoms with Crippen molar-refractivity contribution >= 4 is 0 Å². The first-order valence-electron chi connectivity index (χ1n) is 15.4. The first-order valence-corrected chi connectivity index (χ1v) is 15.4. The van der Waals surface area contributed by atoms with E-state index in [1.807, 2.05) is 146 Å². The molecular formula is C40H26N8. The Morgan fingerprint density at radius 1 is 0.271 bits per heavy atom. The average Bonchev–Trinajstić information content (AvgIpc) is 3.19. The third-order valence-electron chi connectivity index (χ3n) is 7.77. The Bertz CT molecular complexity index is 2010. The van der Waals surface area contributed by atoms with Crippen molar-refractivity contribution < 1.29 is 0 Å². The minimum atomic E-state index is 0.593. The van der Waals surface area contributed by atoms with Crippen LogP contribution in [0.25, 0.3) is 79.5 Å². The summed E-state index contributed by atoms with van der Waals surface area (Å²) in [5, 5.41) is 0. The Hall–Kier alpha value is -6.80. The molecule has 0 saturated heterocycles. The Balaban J connectivity index is 1.11. The minimum absolute atomic E-state index is 0.593. The van der Waals surface area contributed by atoms with Crippen LogP contribution in [-0.2, 0) is 0 Å². The number of benzene rings is 3. The molecule has 0 amide bonds. The van der Waals surface area contributed by atoms with Crippen LogP contribution in [-0.4, -0.2) is 39.9 Å². The SMILES string of the molecule is c1ccc(-c2nc(-c3ccccc3)nc(-c3ccc(-c4ncc(-c5cc(-c6ccccn6)nc(-c6ccccn6)c5)cn4)cc3)n2)cc1. The number of aromatic nitrogens is 8. The van der Waals surface area contributed by atoms with E-state index in [-0.39, 0.29) is 0 Å². The number of hydrogen-bond donors (Lipinski definition) is 0. The number of hydrogen-bond acceptors (Lipinski definition) is 8. The fourth-order valence-corrected chi connectivity index (χ4v) is 5.32. The van der Waals surface area contributed by atoms with Gasteiger partial charge in [-0.2, -0.15) is 0 Å². The molecule has 8 heteroatoms. The third-order valence-corrected chi connectivity index (χ3v) is 7.77. The molecular weight excluding hydrogens is 592 g/mol. The highest BCUT2D eigenvalue weighted by atomic mass is 15.0. The van der Waals surface area contributed by atoms with E-state index in [1.54, 1.807) is 12.4 Å². The van der Waals surface area contributed by atoms with Gasteiger partial charge in [0.25, 0.3) is 0 Å². The van der Waals surface area contributed by atoms with Gasteiger partial charge in [0.2, 0.25) is 0 Å². The molecule has 0 atom stereocenters. The highest BCUT2D eigenvalue weighted by Gasteiger charge is 2.14. The first kappa shape index (κ1) is 28.7. The molecule has 5 aromatic heterocycles. The van der Waals surface area contributed by atoms with Crippen molar-refractivity contribution in [1.29, 1.82) is 0 Å². The molecule has 0 fully saturated rings. The average molecular weight is 619 g/mol. The number of rotatable bonds is 7. The normalized spacial score (nSPS) is 10.9. The topological polar surface area (TPSA) is 103 Å². The number of pyridine rings is 3. The molecule has 0 aliphatic heterocycles. The summed E-state index contributed by atoms with van der Waals surface area (Å²) in [4.78, 5) is 37.8. The van der Waals surface area contributed by atoms with Gasteiger partial charge < -0.3 is 0 Å². The maximum atomic E-state index is 4.86. The molecule has 8 aromatic rings. The zero-order chi connectivity index (χ0) is 32.1. The van der Waals surface area contributed by atoms with Crippen LogP contribution in [0.1, 0.15) is 0 Å². The molecule has 226 valence electrons. The zero-order valence-electron chi connectivity index (χ0n) is 25.6. The molecule has 0 N–H and O–H groups in total. The molecule has 48 heavy (non-hydrogen) atoms. The third kappa shape index (κ3) is 6.05. The second-order valence-electron chi connectivity index (χ2n) is 11.0. The van der Waals surface area contributed by atoms with Gasteiger partial charge in [-0.3, -0.25) is 9.97 Å². The predicted octanol–water partition coefficient (Wildman–Crippen LogP) is 8.52. The van der Waals surface area contributed by atoms with E-state index in [1.165, 1.54) is 0 Å². The first-order chi connectivity index (χ1) is 23.8. The summed E-state index contributed by atoms with van der Waals surface area (Å²) in [6.07, 6.45) is 7.19. The molecule has 0 unspecified atom stereocenters. The van der Waals surface area contributed by atoms with Crippen molar-refractivity contribution in [3.8, 4) is 79.5 Å². The lowest BCUT2D eigenvalue weighted by Gasteiger charge is -2.10. The summed E-state index contributed by atoms with van der Waals surface area (Å²) in [7, 11) is 0. The van der Waals surface area contributed by atoms with Gasteiger partial charge in [0.1, 0.15) is 0 Å². The van der Waals surface area contributed by atoms with Crippen molar-refractivity contribution in [2.45, 2.75) is 0 Å². The molecule has 0 bridgehead atoms. The van der Waals surface area contributed by atoms with E-state index in [9.17, 15) is 0 Å². The van der Waals surface area contributed by atoms with Crippen LogP contribution in [0.5, 0.6) is 0 Å². The van der Waals surface area contributed by atoms with Gasteiger partial charge >= 0.3 is 0 Å². The molecule has 0 aliphatic rings. The van der Waals surface area contributed by atoms with Crippen molar-refractivity contribution in [1.82, 2.24) is 39.9 Å².